The number of hydrogen-bond donors (Lipinski definition) is 0. The van der Waals surface area contributed by atoms with Gasteiger partial charge in [-0.2, -0.15) is 0 Å². The van der Waals surface area contributed by atoms with Crippen LogP contribution in [0.1, 0.15) is 61.0 Å². The van der Waals surface area contributed by atoms with E-state index in [1.54, 1.807) is 19.4 Å². The van der Waals surface area contributed by atoms with Crippen LogP contribution in [0.3, 0.4) is 0 Å². The van der Waals surface area contributed by atoms with Gasteiger partial charge in [-0.25, -0.2) is 0 Å². The molecule has 0 spiro atoms. The van der Waals surface area contributed by atoms with Crippen molar-refractivity contribution in [3.8, 4) is 34.3 Å². The van der Waals surface area contributed by atoms with Crippen molar-refractivity contribution in [2.45, 2.75) is 61.8 Å². The smallest absolute Gasteiger partial charge is 0.308 e. The highest BCUT2D eigenvalue weighted by Crippen LogP contribution is 2.41. The minimum atomic E-state index is -0.407. The van der Waals surface area contributed by atoms with Gasteiger partial charge in [0.05, 0.1) is 12.8 Å². The Hall–Kier alpha value is -3.28. The molecule has 3 aromatic rings. The summed E-state index contributed by atoms with van der Waals surface area (Å²) in [5.74, 6) is 1.97. The summed E-state index contributed by atoms with van der Waals surface area (Å²) < 4.78 is 21.8. The van der Waals surface area contributed by atoms with Gasteiger partial charge in [0, 0.05) is 24.1 Å². The van der Waals surface area contributed by atoms with Crippen LogP contribution in [0, 0.1) is 0 Å². The van der Waals surface area contributed by atoms with Crippen LogP contribution in [0.4, 0.5) is 0 Å². The quantitative estimate of drug-likeness (QED) is 0.299. The Balaban J connectivity index is 0.00000103. The fourth-order valence-corrected chi connectivity index (χ4v) is 3.43. The van der Waals surface area contributed by atoms with E-state index in [2.05, 4.69) is 11.9 Å². The Kier molecular flexibility index (Phi) is 11.2. The molecular weight excluding hydrogens is 418 g/mol. The van der Waals surface area contributed by atoms with E-state index in [-0.39, 0.29) is 14.2 Å². The van der Waals surface area contributed by atoms with E-state index in [0.29, 0.717) is 11.5 Å². The number of carbonyl (C=O) groups excluding carboxylic acids is 1. The van der Waals surface area contributed by atoms with Crippen LogP contribution in [0.25, 0.3) is 22.0 Å². The third kappa shape index (κ3) is 6.15. The van der Waals surface area contributed by atoms with Gasteiger partial charge in [0.25, 0.3) is 0 Å². The van der Waals surface area contributed by atoms with E-state index < -0.39 is 5.97 Å². The lowest BCUT2D eigenvalue weighted by Gasteiger charge is -2.13. The lowest BCUT2D eigenvalue weighted by atomic mass is 9.98. The number of aromatic nitrogens is 1. The molecule has 0 radical (unpaired) electrons. The van der Waals surface area contributed by atoms with Gasteiger partial charge in [-0.15, -0.1) is 0 Å². The Morgan fingerprint density at radius 2 is 1.73 bits per heavy atom. The average Bonchev–Trinajstić information content (AvgIpc) is 3.28. The molecule has 4 rings (SSSR count). The number of hydrogen-bond acceptors (Lipinski definition) is 6. The maximum Gasteiger partial charge on any atom is 0.308 e. The zero-order chi connectivity index (χ0) is 23.7. The van der Waals surface area contributed by atoms with Gasteiger partial charge in [-0.3, -0.25) is 9.78 Å². The Bertz CT molecular complexity index is 1060. The Morgan fingerprint density at radius 1 is 1.06 bits per heavy atom. The van der Waals surface area contributed by atoms with Gasteiger partial charge in [0.1, 0.15) is 0 Å². The van der Waals surface area contributed by atoms with Crippen LogP contribution in [0.15, 0.2) is 36.5 Å². The van der Waals surface area contributed by atoms with Crippen molar-refractivity contribution in [2.75, 3.05) is 13.9 Å². The number of ether oxygens (including phenoxy) is 4. The first-order valence-electron chi connectivity index (χ1n) is 11.2. The number of rotatable bonds is 5. The Labute approximate surface area is 197 Å². The molecule has 1 aromatic heterocycles. The van der Waals surface area contributed by atoms with Crippen molar-refractivity contribution >= 4 is 16.7 Å². The molecule has 1 aliphatic heterocycles. The first kappa shape index (κ1) is 27.8. The summed E-state index contributed by atoms with van der Waals surface area (Å²) in [5, 5.41) is 1.62. The monoisotopic (exact) mass is 455 g/mol. The minimum Gasteiger partial charge on any atom is -0.493 e. The van der Waals surface area contributed by atoms with Crippen LogP contribution < -0.4 is 18.9 Å². The molecular formula is C27H37NO5. The van der Waals surface area contributed by atoms with Crippen molar-refractivity contribution in [3.05, 3.63) is 42.1 Å². The zero-order valence-electron chi connectivity index (χ0n) is 20.1. The summed E-state index contributed by atoms with van der Waals surface area (Å²) in [7, 11) is 1.54. The first-order chi connectivity index (χ1) is 15.6. The van der Waals surface area contributed by atoms with Crippen LogP contribution in [-0.2, 0) is 11.2 Å². The molecule has 6 nitrogen and oxygen atoms in total. The summed E-state index contributed by atoms with van der Waals surface area (Å²) in [5.41, 5.74) is 3.00. The fraction of sp³-hybridized carbons (Fsp3) is 0.407. The number of pyridine rings is 1. The van der Waals surface area contributed by atoms with Crippen molar-refractivity contribution in [1.29, 1.82) is 0 Å². The summed E-state index contributed by atoms with van der Waals surface area (Å²) >= 11 is 0. The van der Waals surface area contributed by atoms with Gasteiger partial charge in [0.2, 0.25) is 6.79 Å². The maximum atomic E-state index is 11.5. The van der Waals surface area contributed by atoms with Crippen LogP contribution in [0.2, 0.25) is 0 Å². The highest BCUT2D eigenvalue weighted by atomic mass is 16.7. The topological polar surface area (TPSA) is 66.9 Å². The van der Waals surface area contributed by atoms with Crippen LogP contribution in [0.5, 0.6) is 23.0 Å². The Morgan fingerprint density at radius 3 is 2.33 bits per heavy atom. The molecule has 180 valence electrons. The number of esters is 1. The SMILES string of the molecule is C.CC.CC.CCCc1cc2c(cc1-c1cc3ccc(OC)c(OC(C)=O)c3cn1)OCO2. The van der Waals surface area contributed by atoms with E-state index in [9.17, 15) is 4.79 Å². The van der Waals surface area contributed by atoms with Crippen molar-refractivity contribution in [2.24, 2.45) is 0 Å². The molecule has 2 heterocycles. The lowest BCUT2D eigenvalue weighted by molar-refractivity contribution is -0.131. The lowest BCUT2D eigenvalue weighted by Crippen LogP contribution is -2.04. The summed E-state index contributed by atoms with van der Waals surface area (Å²) in [4.78, 5) is 16.2. The second-order valence-electron chi connectivity index (χ2n) is 6.59. The number of fused-ring (bicyclic) bond motifs is 2. The second kappa shape index (κ2) is 13.3. The first-order valence-corrected chi connectivity index (χ1v) is 11.2. The third-order valence-electron chi connectivity index (χ3n) is 4.68. The van der Waals surface area contributed by atoms with Crippen LogP contribution >= 0.6 is 0 Å². The number of carbonyl (C=O) groups is 1. The highest BCUT2D eigenvalue weighted by molar-refractivity contribution is 5.94. The van der Waals surface area contributed by atoms with E-state index in [0.717, 1.165) is 51.9 Å². The van der Waals surface area contributed by atoms with E-state index in [1.807, 2.05) is 52.0 Å². The molecule has 0 fully saturated rings. The zero-order valence-corrected chi connectivity index (χ0v) is 20.1. The molecule has 0 N–H and O–H groups in total. The van der Waals surface area contributed by atoms with Gasteiger partial charge in [0.15, 0.2) is 23.0 Å². The molecule has 0 amide bonds. The molecule has 0 saturated heterocycles. The standard InChI is InChI=1S/C22H21NO5.2C2H6.CH4/c1-4-5-14-9-20-21(27-12-26-20)10-16(14)18-8-15-6-7-19(25-3)22(28-13(2)24)17(15)11-23-18;2*1-2;/h6-11H,4-5,12H2,1-3H3;2*1-2H3;1H4. The van der Waals surface area contributed by atoms with Gasteiger partial charge in [-0.05, 0) is 41.6 Å². The predicted molar refractivity (Wildman–Crippen MR) is 135 cm³/mol. The molecule has 6 heteroatoms. The minimum absolute atomic E-state index is 0. The van der Waals surface area contributed by atoms with Gasteiger partial charge in [-0.1, -0.05) is 54.5 Å². The summed E-state index contributed by atoms with van der Waals surface area (Å²) in [6.45, 7) is 11.7. The molecule has 0 bridgehead atoms. The average molecular weight is 456 g/mol. The van der Waals surface area contributed by atoms with E-state index in [1.165, 1.54) is 6.92 Å². The molecule has 2 aromatic carbocycles. The normalized spacial score (nSPS) is 10.8. The molecule has 33 heavy (non-hydrogen) atoms. The molecule has 0 unspecified atom stereocenters. The van der Waals surface area contributed by atoms with E-state index >= 15 is 0 Å². The number of aryl methyl sites for hydroxylation is 1. The maximum absolute atomic E-state index is 11.5. The van der Waals surface area contributed by atoms with Gasteiger partial charge < -0.3 is 18.9 Å². The molecule has 0 aliphatic carbocycles. The number of nitrogens with zero attached hydrogens (tertiary/aromatic N) is 1. The predicted octanol–water partition coefficient (Wildman–Crippen LogP) is 7.21. The summed E-state index contributed by atoms with van der Waals surface area (Å²) in [6, 6.07) is 9.72. The van der Waals surface area contributed by atoms with Crippen molar-refractivity contribution in [3.63, 3.8) is 0 Å². The van der Waals surface area contributed by atoms with Gasteiger partial charge >= 0.3 is 5.97 Å². The fourth-order valence-electron chi connectivity index (χ4n) is 3.43. The molecule has 0 atom stereocenters. The molecule has 1 aliphatic rings. The van der Waals surface area contributed by atoms with Crippen molar-refractivity contribution < 1.29 is 23.7 Å². The number of benzene rings is 2. The second-order valence-corrected chi connectivity index (χ2v) is 6.59. The molecule has 0 saturated carbocycles. The largest absolute Gasteiger partial charge is 0.493 e. The van der Waals surface area contributed by atoms with E-state index in [4.69, 9.17) is 18.9 Å². The number of methoxy groups -OCH3 is 1. The van der Waals surface area contributed by atoms with Crippen molar-refractivity contribution in [1.82, 2.24) is 4.98 Å². The summed E-state index contributed by atoms with van der Waals surface area (Å²) in [6.07, 6.45) is 3.63. The third-order valence-corrected chi connectivity index (χ3v) is 4.68. The highest BCUT2D eigenvalue weighted by Gasteiger charge is 2.19. The van der Waals surface area contributed by atoms with Crippen LogP contribution in [-0.4, -0.2) is 24.9 Å².